The number of carbonyl (C=O) groups is 1. The molecule has 1 unspecified atom stereocenters. The van der Waals surface area contributed by atoms with E-state index in [1.165, 1.54) is 24.4 Å². The minimum Gasteiger partial charge on any atom is -0.495 e. The molecule has 152 valence electrons. The fraction of sp³-hybridized carbons (Fsp3) is 0.286. The fourth-order valence-electron chi connectivity index (χ4n) is 2.78. The molecule has 1 heterocycles. The van der Waals surface area contributed by atoms with Crippen molar-refractivity contribution in [2.45, 2.75) is 31.4 Å². The molecule has 0 fully saturated rings. The molecule has 3 rings (SSSR count). The van der Waals surface area contributed by atoms with Gasteiger partial charge >= 0.3 is 0 Å². The summed E-state index contributed by atoms with van der Waals surface area (Å²) in [6.45, 7) is 3.98. The zero-order valence-electron chi connectivity index (χ0n) is 16.4. The van der Waals surface area contributed by atoms with Gasteiger partial charge in [-0.25, -0.2) is 0 Å². The molecule has 1 amide bonds. The van der Waals surface area contributed by atoms with Gasteiger partial charge < -0.3 is 14.5 Å². The van der Waals surface area contributed by atoms with Crippen LogP contribution in [0.4, 0.5) is 5.69 Å². The highest BCUT2D eigenvalue weighted by Crippen LogP contribution is 2.31. The van der Waals surface area contributed by atoms with Gasteiger partial charge in [-0.05, 0) is 30.0 Å². The number of aryl methyl sites for hydroxylation is 1. The van der Waals surface area contributed by atoms with Crippen molar-refractivity contribution in [2.75, 3.05) is 18.2 Å². The number of halogens is 1. The summed E-state index contributed by atoms with van der Waals surface area (Å²) < 4.78 is 10.9. The third-order valence-corrected chi connectivity index (χ3v) is 5.60. The lowest BCUT2D eigenvalue weighted by Gasteiger charge is -2.11. The number of carbonyl (C=O) groups excluding carboxylic acids is 1. The number of nitrogens with one attached hydrogen (secondary N) is 1. The van der Waals surface area contributed by atoms with E-state index in [-0.39, 0.29) is 17.6 Å². The van der Waals surface area contributed by atoms with E-state index in [2.05, 4.69) is 34.6 Å². The Balaban J connectivity index is 1.54. The third-order valence-electron chi connectivity index (χ3n) is 4.38. The normalized spacial score (nSPS) is 11.9. The molecule has 0 aliphatic rings. The molecule has 29 heavy (non-hydrogen) atoms. The average molecular weight is 432 g/mol. The van der Waals surface area contributed by atoms with Gasteiger partial charge in [0.05, 0.1) is 18.6 Å². The SMILES string of the molecule is COc1cc(Cl)c(C)cc1NC(=O)CSc1nnc(CC(C)c2ccccc2)o1. The lowest BCUT2D eigenvalue weighted by molar-refractivity contribution is -0.113. The van der Waals surface area contributed by atoms with Crippen molar-refractivity contribution >= 4 is 35.0 Å². The van der Waals surface area contributed by atoms with Gasteiger partial charge in [-0.1, -0.05) is 60.6 Å². The van der Waals surface area contributed by atoms with Crippen LogP contribution in [0, 0.1) is 6.92 Å². The molecular weight excluding hydrogens is 410 g/mol. The van der Waals surface area contributed by atoms with Crippen LogP contribution in [0.3, 0.4) is 0 Å². The highest BCUT2D eigenvalue weighted by molar-refractivity contribution is 7.99. The molecule has 2 aromatic carbocycles. The summed E-state index contributed by atoms with van der Waals surface area (Å²) >= 11 is 7.29. The summed E-state index contributed by atoms with van der Waals surface area (Å²) in [6.07, 6.45) is 0.644. The van der Waals surface area contributed by atoms with Gasteiger partial charge in [0.15, 0.2) is 0 Å². The van der Waals surface area contributed by atoms with E-state index in [1.807, 2.05) is 25.1 Å². The first-order valence-electron chi connectivity index (χ1n) is 9.10. The molecule has 0 aliphatic carbocycles. The van der Waals surface area contributed by atoms with Gasteiger partial charge in [0, 0.05) is 17.5 Å². The van der Waals surface area contributed by atoms with Crippen LogP contribution in [0.25, 0.3) is 0 Å². The largest absolute Gasteiger partial charge is 0.495 e. The second-order valence-electron chi connectivity index (χ2n) is 6.62. The Morgan fingerprint density at radius 2 is 2.03 bits per heavy atom. The van der Waals surface area contributed by atoms with Crippen molar-refractivity contribution in [3.05, 3.63) is 64.5 Å². The summed E-state index contributed by atoms with van der Waals surface area (Å²) in [6, 6.07) is 13.6. The van der Waals surface area contributed by atoms with Crippen LogP contribution >= 0.6 is 23.4 Å². The number of thioether (sulfide) groups is 1. The Morgan fingerprint density at radius 1 is 1.28 bits per heavy atom. The smallest absolute Gasteiger partial charge is 0.277 e. The lowest BCUT2D eigenvalue weighted by Crippen LogP contribution is -2.15. The molecule has 0 radical (unpaired) electrons. The molecule has 0 aliphatic heterocycles. The standard InChI is InChI=1S/C21H22ClN3O3S/c1-13(15-7-5-4-6-8-15)10-20-24-25-21(28-20)29-12-19(26)23-17-9-14(2)16(22)11-18(17)27-3/h4-9,11,13H,10,12H2,1-3H3,(H,23,26). The predicted octanol–water partition coefficient (Wildman–Crippen LogP) is 5.12. The van der Waals surface area contributed by atoms with Gasteiger partial charge in [0.2, 0.25) is 11.8 Å². The van der Waals surface area contributed by atoms with Crippen LogP contribution in [0.15, 0.2) is 52.1 Å². The molecule has 1 atom stereocenters. The zero-order valence-corrected chi connectivity index (χ0v) is 18.0. The van der Waals surface area contributed by atoms with Crippen molar-refractivity contribution in [3.8, 4) is 5.75 Å². The van der Waals surface area contributed by atoms with Gasteiger partial charge in [-0.3, -0.25) is 4.79 Å². The molecule has 0 saturated carbocycles. The number of ether oxygens (including phenoxy) is 1. The van der Waals surface area contributed by atoms with E-state index in [4.69, 9.17) is 20.8 Å². The number of aromatic nitrogens is 2. The summed E-state index contributed by atoms with van der Waals surface area (Å²) in [4.78, 5) is 12.3. The number of rotatable bonds is 8. The number of hydrogen-bond donors (Lipinski definition) is 1. The van der Waals surface area contributed by atoms with Gasteiger partial charge in [0.1, 0.15) is 5.75 Å². The first-order valence-corrected chi connectivity index (χ1v) is 10.5. The van der Waals surface area contributed by atoms with Crippen LogP contribution in [-0.2, 0) is 11.2 Å². The van der Waals surface area contributed by atoms with E-state index in [1.54, 1.807) is 12.1 Å². The number of amides is 1. The first-order chi connectivity index (χ1) is 14.0. The first kappa shape index (κ1) is 21.2. The Morgan fingerprint density at radius 3 is 2.76 bits per heavy atom. The number of benzene rings is 2. The van der Waals surface area contributed by atoms with Gasteiger partial charge in [-0.2, -0.15) is 0 Å². The maximum absolute atomic E-state index is 12.3. The second kappa shape index (κ2) is 9.80. The van der Waals surface area contributed by atoms with Crippen LogP contribution in [0.1, 0.15) is 29.9 Å². The highest BCUT2D eigenvalue weighted by Gasteiger charge is 2.15. The van der Waals surface area contributed by atoms with Crippen LogP contribution < -0.4 is 10.1 Å². The van der Waals surface area contributed by atoms with Crippen molar-refractivity contribution < 1.29 is 13.9 Å². The number of methoxy groups -OCH3 is 1. The molecular formula is C21H22ClN3O3S. The number of hydrogen-bond acceptors (Lipinski definition) is 6. The van der Waals surface area contributed by atoms with Crippen LogP contribution in [-0.4, -0.2) is 29.0 Å². The second-order valence-corrected chi connectivity index (χ2v) is 7.95. The topological polar surface area (TPSA) is 77.2 Å². The number of nitrogens with zero attached hydrogens (tertiary/aromatic N) is 2. The zero-order chi connectivity index (χ0) is 20.8. The van der Waals surface area contributed by atoms with Crippen molar-refractivity contribution in [1.82, 2.24) is 10.2 Å². The van der Waals surface area contributed by atoms with Gasteiger partial charge in [0.25, 0.3) is 5.22 Å². The lowest BCUT2D eigenvalue weighted by atomic mass is 9.98. The van der Waals surface area contributed by atoms with Crippen molar-refractivity contribution in [3.63, 3.8) is 0 Å². The Bertz CT molecular complexity index is 979. The number of anilines is 1. The van der Waals surface area contributed by atoms with E-state index in [0.717, 1.165) is 5.56 Å². The monoisotopic (exact) mass is 431 g/mol. The van der Waals surface area contributed by atoms with Crippen LogP contribution in [0.5, 0.6) is 5.75 Å². The maximum Gasteiger partial charge on any atom is 0.277 e. The summed E-state index contributed by atoms with van der Waals surface area (Å²) in [7, 11) is 1.53. The van der Waals surface area contributed by atoms with Crippen molar-refractivity contribution in [1.29, 1.82) is 0 Å². The molecule has 0 saturated heterocycles. The van der Waals surface area contributed by atoms with Crippen LogP contribution in [0.2, 0.25) is 5.02 Å². The molecule has 6 nitrogen and oxygen atoms in total. The Hall–Kier alpha value is -2.51. The third kappa shape index (κ3) is 5.74. The average Bonchev–Trinajstić information content (AvgIpc) is 3.17. The maximum atomic E-state index is 12.3. The molecule has 0 bridgehead atoms. The minimum atomic E-state index is -0.201. The Kier molecular flexibility index (Phi) is 7.17. The molecule has 3 aromatic rings. The summed E-state index contributed by atoms with van der Waals surface area (Å²) in [5.74, 6) is 1.26. The quantitative estimate of drug-likeness (QED) is 0.499. The van der Waals surface area contributed by atoms with E-state index < -0.39 is 0 Å². The predicted molar refractivity (Wildman–Crippen MR) is 115 cm³/mol. The van der Waals surface area contributed by atoms with E-state index in [9.17, 15) is 4.79 Å². The summed E-state index contributed by atoms with van der Waals surface area (Å²) in [5.41, 5.74) is 2.64. The van der Waals surface area contributed by atoms with Crippen molar-refractivity contribution in [2.24, 2.45) is 0 Å². The fourth-order valence-corrected chi connectivity index (χ4v) is 3.52. The minimum absolute atomic E-state index is 0.140. The molecule has 8 heteroatoms. The molecule has 0 spiro atoms. The molecule has 1 aromatic heterocycles. The van der Waals surface area contributed by atoms with Gasteiger partial charge in [-0.15, -0.1) is 10.2 Å². The Labute approximate surface area is 179 Å². The molecule has 1 N–H and O–H groups in total. The van der Waals surface area contributed by atoms with E-state index >= 15 is 0 Å². The highest BCUT2D eigenvalue weighted by atomic mass is 35.5. The van der Waals surface area contributed by atoms with E-state index in [0.29, 0.717) is 34.0 Å². The summed E-state index contributed by atoms with van der Waals surface area (Å²) in [5, 5.41) is 11.9.